The van der Waals surface area contributed by atoms with Gasteiger partial charge in [-0.25, -0.2) is 18.2 Å². The van der Waals surface area contributed by atoms with Gasteiger partial charge in [-0.05, 0) is 78.3 Å². The summed E-state index contributed by atoms with van der Waals surface area (Å²) in [5.74, 6) is -0.632. The Morgan fingerprint density at radius 2 is 1.68 bits per heavy atom. The number of benzene rings is 2. The fourth-order valence-corrected chi connectivity index (χ4v) is 4.68. The van der Waals surface area contributed by atoms with Crippen molar-refractivity contribution in [3.63, 3.8) is 0 Å². The van der Waals surface area contributed by atoms with Gasteiger partial charge in [0, 0.05) is 12.6 Å². The van der Waals surface area contributed by atoms with E-state index in [1.54, 1.807) is 84.9 Å². The minimum Gasteiger partial charge on any atom is -0.444 e. The molecule has 1 heterocycles. The molecule has 0 saturated heterocycles. The number of ether oxygens (including phenoxy) is 2. The van der Waals surface area contributed by atoms with E-state index in [2.05, 4.69) is 15.3 Å². The number of hydrogen-bond donors (Lipinski definition) is 3. The maximum Gasteiger partial charge on any atom is 0.408 e. The third kappa shape index (κ3) is 7.50. The molecule has 0 aliphatic rings. The minimum absolute atomic E-state index is 0. The Hall–Kier alpha value is -4.12. The zero-order valence-electron chi connectivity index (χ0n) is 23.7. The predicted octanol–water partition coefficient (Wildman–Crippen LogP) is 5.83. The fraction of sp³-hybridized carbons (Fsp3) is 0.345. The Balaban J connectivity index is 0.00000588. The highest BCUT2D eigenvalue weighted by atomic mass is 32.2. The monoisotopic (exact) mass is 567 g/mol. The van der Waals surface area contributed by atoms with Gasteiger partial charge in [-0.1, -0.05) is 24.3 Å². The van der Waals surface area contributed by atoms with Crippen molar-refractivity contribution in [2.45, 2.75) is 70.3 Å². The smallest absolute Gasteiger partial charge is 0.408 e. The van der Waals surface area contributed by atoms with Gasteiger partial charge in [0.1, 0.15) is 11.3 Å². The number of amides is 1. The van der Waals surface area contributed by atoms with Crippen molar-refractivity contribution in [2.24, 2.45) is 0 Å². The lowest BCUT2D eigenvalue weighted by molar-refractivity contribution is 0.0508. The highest BCUT2D eigenvalue weighted by molar-refractivity contribution is 7.92. The Kier molecular flexibility index (Phi) is 9.09. The molecule has 11 heteroatoms. The Morgan fingerprint density at radius 1 is 1.02 bits per heavy atom. The molecule has 0 fully saturated rings. The summed E-state index contributed by atoms with van der Waals surface area (Å²) in [7, 11) is -3.41. The molecule has 1 atom stereocenters. The van der Waals surface area contributed by atoms with Gasteiger partial charge in [0.05, 0.1) is 33.8 Å². The van der Waals surface area contributed by atoms with Gasteiger partial charge in [-0.2, -0.15) is 0 Å². The van der Waals surface area contributed by atoms with E-state index in [1.165, 1.54) is 18.3 Å². The molecule has 0 saturated carbocycles. The van der Waals surface area contributed by atoms with Gasteiger partial charge in [0.2, 0.25) is 11.8 Å². The molecule has 10 nitrogen and oxygen atoms in total. The molecule has 1 aromatic heterocycles. The van der Waals surface area contributed by atoms with Gasteiger partial charge in [0.15, 0.2) is 9.84 Å². The lowest BCUT2D eigenvalue weighted by Gasteiger charge is -2.22. The molecular weight excluding hydrogens is 530 g/mol. The molecule has 0 aliphatic carbocycles. The lowest BCUT2D eigenvalue weighted by atomic mass is 10.1. The van der Waals surface area contributed by atoms with Crippen molar-refractivity contribution in [3.05, 3.63) is 77.2 Å². The summed E-state index contributed by atoms with van der Waals surface area (Å²) in [6, 6.07) is 12.8. The van der Waals surface area contributed by atoms with Crippen LogP contribution in [0.5, 0.6) is 0 Å². The number of rotatable bonds is 7. The van der Waals surface area contributed by atoms with Crippen molar-refractivity contribution in [1.29, 1.82) is 10.8 Å². The number of nitrogens with zero attached hydrogens (tertiary/aromatic N) is 2. The Labute approximate surface area is 236 Å². The molecular formula is C29H37N5O5S. The number of hydrogen-bond acceptors (Lipinski definition) is 9. The number of carbonyl (C=O) groups is 1. The number of sulfone groups is 1. The maximum atomic E-state index is 12.4. The fourth-order valence-electron chi connectivity index (χ4n) is 3.62. The predicted molar refractivity (Wildman–Crippen MR) is 156 cm³/mol. The van der Waals surface area contributed by atoms with E-state index in [9.17, 15) is 13.2 Å². The zero-order valence-corrected chi connectivity index (χ0v) is 24.5. The van der Waals surface area contributed by atoms with Crippen molar-refractivity contribution < 1.29 is 24.1 Å². The van der Waals surface area contributed by atoms with Crippen LogP contribution in [0.15, 0.2) is 59.6 Å². The van der Waals surface area contributed by atoms with Crippen LogP contribution in [0.3, 0.4) is 0 Å². The number of aromatic nitrogens is 2. The van der Waals surface area contributed by atoms with Crippen LogP contribution in [0.4, 0.5) is 4.79 Å². The van der Waals surface area contributed by atoms with Gasteiger partial charge in [-0.15, -0.1) is 0 Å². The number of nitrogens with one attached hydrogen (secondary N) is 3. The molecule has 3 aromatic rings. The van der Waals surface area contributed by atoms with Crippen molar-refractivity contribution in [3.8, 4) is 11.3 Å². The van der Waals surface area contributed by atoms with Crippen LogP contribution in [-0.4, -0.2) is 47.1 Å². The average Bonchev–Trinajstić information content (AvgIpc) is 2.87. The second-order valence-corrected chi connectivity index (χ2v) is 13.1. The van der Waals surface area contributed by atoms with Crippen molar-refractivity contribution in [1.82, 2.24) is 15.3 Å². The highest BCUT2D eigenvalue weighted by Gasteiger charge is 2.21. The maximum absolute atomic E-state index is 12.4. The molecule has 1 unspecified atom stereocenters. The van der Waals surface area contributed by atoms with Crippen LogP contribution in [0.25, 0.3) is 11.3 Å². The van der Waals surface area contributed by atoms with E-state index in [0.29, 0.717) is 22.5 Å². The third-order valence-electron chi connectivity index (χ3n) is 5.86. The topological polar surface area (TPSA) is 155 Å². The summed E-state index contributed by atoms with van der Waals surface area (Å²) in [6.07, 6.45) is 0.981. The average molecular weight is 568 g/mol. The third-order valence-corrected chi connectivity index (χ3v) is 8.03. The summed E-state index contributed by atoms with van der Waals surface area (Å²) in [4.78, 5) is 21.2. The van der Waals surface area contributed by atoms with E-state index in [4.69, 9.17) is 20.3 Å². The molecule has 214 valence electrons. The summed E-state index contributed by atoms with van der Waals surface area (Å²) in [6.45, 7) is 12.1. The van der Waals surface area contributed by atoms with Crippen LogP contribution in [0.1, 0.15) is 71.5 Å². The molecule has 2 aromatic carbocycles. The standard InChI is InChI=1S/C29H35N5O5S.H2/c1-17(2)40(36,37)23-13-11-20(12-14-23)24-16-32-19(4)25(34-24)27(31)38-26(30)22-10-8-9-21(15-22)18(3)33-28(35)39-29(5,6)7;/h8-18,30-31H,1-7H3,(H,33,35);1H. The van der Waals surface area contributed by atoms with Crippen LogP contribution in [-0.2, 0) is 19.3 Å². The normalized spacial score (nSPS) is 12.5. The lowest BCUT2D eigenvalue weighted by Crippen LogP contribution is -2.34. The highest BCUT2D eigenvalue weighted by Crippen LogP contribution is 2.23. The van der Waals surface area contributed by atoms with Crippen LogP contribution in [0.2, 0.25) is 0 Å². The SMILES string of the molecule is Cc1ncc(-c2ccc(S(=O)(=O)C(C)C)cc2)nc1C(=N)OC(=N)c1cccc(C(C)NC(=O)OC(C)(C)C)c1.[HH]. The summed E-state index contributed by atoms with van der Waals surface area (Å²) < 4.78 is 35.7. The first kappa shape index (κ1) is 30.4. The molecule has 0 radical (unpaired) electrons. The van der Waals surface area contributed by atoms with Crippen LogP contribution < -0.4 is 5.32 Å². The number of carbonyl (C=O) groups excluding carboxylic acids is 1. The zero-order chi connectivity index (χ0) is 29.8. The second-order valence-electron chi connectivity index (χ2n) is 10.6. The van der Waals surface area contributed by atoms with Gasteiger partial charge < -0.3 is 14.8 Å². The van der Waals surface area contributed by atoms with E-state index in [0.717, 1.165) is 5.56 Å². The quantitative estimate of drug-likeness (QED) is 0.239. The molecule has 3 rings (SSSR count). The molecule has 1 amide bonds. The number of aryl methyl sites for hydroxylation is 1. The van der Waals surface area contributed by atoms with Gasteiger partial charge >= 0.3 is 6.09 Å². The van der Waals surface area contributed by atoms with Crippen LogP contribution in [0, 0.1) is 17.7 Å². The molecule has 0 spiro atoms. The Bertz CT molecular complexity index is 1530. The summed E-state index contributed by atoms with van der Waals surface area (Å²) in [5.41, 5.74) is 2.14. The van der Waals surface area contributed by atoms with Crippen molar-refractivity contribution in [2.75, 3.05) is 0 Å². The van der Waals surface area contributed by atoms with Gasteiger partial charge in [0.25, 0.3) is 0 Å². The second kappa shape index (κ2) is 12.0. The van der Waals surface area contributed by atoms with Gasteiger partial charge in [-0.3, -0.25) is 15.8 Å². The largest absolute Gasteiger partial charge is 0.444 e. The first-order valence-electron chi connectivity index (χ1n) is 12.7. The Morgan fingerprint density at radius 3 is 2.27 bits per heavy atom. The molecule has 0 aliphatic heterocycles. The summed E-state index contributed by atoms with van der Waals surface area (Å²) in [5, 5.41) is 19.1. The number of alkyl carbamates (subject to hydrolysis) is 1. The molecule has 3 N–H and O–H groups in total. The first-order chi connectivity index (χ1) is 18.6. The van der Waals surface area contributed by atoms with E-state index in [-0.39, 0.29) is 23.8 Å². The summed E-state index contributed by atoms with van der Waals surface area (Å²) >= 11 is 0. The first-order valence-corrected chi connectivity index (χ1v) is 14.3. The van der Waals surface area contributed by atoms with Crippen molar-refractivity contribution >= 4 is 27.7 Å². The van der Waals surface area contributed by atoms with E-state index in [1.807, 2.05) is 0 Å². The molecule has 40 heavy (non-hydrogen) atoms. The van der Waals surface area contributed by atoms with Crippen LogP contribution >= 0.6 is 0 Å². The van der Waals surface area contributed by atoms with E-state index >= 15 is 0 Å². The minimum atomic E-state index is -3.41. The van der Waals surface area contributed by atoms with E-state index < -0.39 is 32.8 Å². The molecule has 0 bridgehead atoms.